The van der Waals surface area contributed by atoms with Gasteiger partial charge in [-0.2, -0.15) is 0 Å². The highest BCUT2D eigenvalue weighted by Gasteiger charge is 2.10. The van der Waals surface area contributed by atoms with Crippen molar-refractivity contribution in [1.82, 2.24) is 5.32 Å². The molecule has 0 heterocycles. The lowest BCUT2D eigenvalue weighted by Crippen LogP contribution is -2.32. The first-order valence-corrected chi connectivity index (χ1v) is 4.63. The van der Waals surface area contributed by atoms with Crippen molar-refractivity contribution in [1.29, 1.82) is 0 Å². The lowest BCUT2D eigenvalue weighted by Gasteiger charge is -2.08. The first-order chi connectivity index (χ1) is 7.65. The minimum absolute atomic E-state index is 0.262. The van der Waals surface area contributed by atoms with Gasteiger partial charge in [0.25, 0.3) is 0 Å². The van der Waals surface area contributed by atoms with E-state index in [1.54, 1.807) is 0 Å². The van der Waals surface area contributed by atoms with Crippen LogP contribution in [-0.2, 0) is 4.74 Å². The lowest BCUT2D eigenvalue weighted by atomic mass is 10.3. The molecule has 1 aromatic carbocycles. The van der Waals surface area contributed by atoms with Crippen molar-refractivity contribution in [3.63, 3.8) is 0 Å². The Labute approximate surface area is 91.6 Å². The van der Waals surface area contributed by atoms with Gasteiger partial charge < -0.3 is 15.4 Å². The summed E-state index contributed by atoms with van der Waals surface area (Å²) in [5.41, 5.74) is -0.461. The van der Waals surface area contributed by atoms with E-state index in [4.69, 9.17) is 4.74 Å². The van der Waals surface area contributed by atoms with Crippen LogP contribution in [0.25, 0.3) is 0 Å². The second-order valence-electron chi connectivity index (χ2n) is 2.97. The summed E-state index contributed by atoms with van der Waals surface area (Å²) in [6.07, 6.45) is 0. The summed E-state index contributed by atoms with van der Waals surface area (Å²) in [5.74, 6) is -1.64. The summed E-state index contributed by atoms with van der Waals surface area (Å²) in [4.78, 5) is 11.2. The van der Waals surface area contributed by atoms with Crippen molar-refractivity contribution >= 4 is 11.7 Å². The van der Waals surface area contributed by atoms with Crippen LogP contribution < -0.4 is 10.6 Å². The van der Waals surface area contributed by atoms with E-state index >= 15 is 0 Å². The minimum atomic E-state index is -0.818. The summed E-state index contributed by atoms with van der Waals surface area (Å²) >= 11 is 0. The molecule has 0 aliphatic rings. The second-order valence-corrected chi connectivity index (χ2v) is 2.97. The Balaban J connectivity index is 2.56. The molecule has 0 aliphatic carbocycles. The fraction of sp³-hybridized carbons (Fsp3) is 0.300. The highest BCUT2D eigenvalue weighted by Crippen LogP contribution is 2.17. The van der Waals surface area contributed by atoms with Gasteiger partial charge in [0, 0.05) is 13.7 Å². The van der Waals surface area contributed by atoms with Crippen molar-refractivity contribution in [2.24, 2.45) is 0 Å². The van der Waals surface area contributed by atoms with Crippen molar-refractivity contribution in [3.05, 3.63) is 29.8 Å². The smallest absolute Gasteiger partial charge is 0.319 e. The van der Waals surface area contributed by atoms with Gasteiger partial charge in [0.2, 0.25) is 0 Å². The van der Waals surface area contributed by atoms with Crippen LogP contribution >= 0.6 is 0 Å². The van der Waals surface area contributed by atoms with Crippen molar-refractivity contribution < 1.29 is 18.3 Å². The van der Waals surface area contributed by atoms with E-state index in [0.717, 1.165) is 12.1 Å². The number of benzene rings is 1. The van der Waals surface area contributed by atoms with E-state index in [1.165, 1.54) is 13.2 Å². The van der Waals surface area contributed by atoms with Crippen LogP contribution in [0.3, 0.4) is 0 Å². The van der Waals surface area contributed by atoms with Crippen LogP contribution in [0.5, 0.6) is 0 Å². The Morgan fingerprint density at radius 2 is 2.00 bits per heavy atom. The summed E-state index contributed by atoms with van der Waals surface area (Å²) in [5, 5.41) is 4.46. The van der Waals surface area contributed by atoms with Gasteiger partial charge in [-0.3, -0.25) is 0 Å². The number of urea groups is 1. The SMILES string of the molecule is COCCNC(=O)Nc1c(F)cccc1F. The number of hydrogen-bond donors (Lipinski definition) is 2. The maximum atomic E-state index is 13.1. The molecule has 0 spiro atoms. The van der Waals surface area contributed by atoms with Gasteiger partial charge in [0.15, 0.2) is 0 Å². The van der Waals surface area contributed by atoms with Gasteiger partial charge in [-0.25, -0.2) is 13.6 Å². The van der Waals surface area contributed by atoms with E-state index in [0.29, 0.717) is 6.61 Å². The van der Waals surface area contributed by atoms with E-state index in [-0.39, 0.29) is 6.54 Å². The molecular formula is C10H12F2N2O2. The fourth-order valence-electron chi connectivity index (χ4n) is 1.04. The average Bonchev–Trinajstić information content (AvgIpc) is 2.24. The quantitative estimate of drug-likeness (QED) is 0.774. The highest BCUT2D eigenvalue weighted by atomic mass is 19.1. The normalized spacial score (nSPS) is 9.94. The molecule has 1 rings (SSSR count). The van der Waals surface area contributed by atoms with Crippen LogP contribution in [0.4, 0.5) is 19.3 Å². The molecule has 0 radical (unpaired) electrons. The minimum Gasteiger partial charge on any atom is -0.383 e. The first kappa shape index (κ1) is 12.4. The Morgan fingerprint density at radius 1 is 1.38 bits per heavy atom. The molecule has 6 heteroatoms. The van der Waals surface area contributed by atoms with Crippen LogP contribution in [0.1, 0.15) is 0 Å². The third-order valence-electron chi connectivity index (χ3n) is 1.79. The second kappa shape index (κ2) is 6.02. The monoisotopic (exact) mass is 230 g/mol. The number of methoxy groups -OCH3 is 1. The van der Waals surface area contributed by atoms with Gasteiger partial charge in [0.1, 0.15) is 17.3 Å². The first-order valence-electron chi connectivity index (χ1n) is 4.63. The van der Waals surface area contributed by atoms with Gasteiger partial charge in [-0.15, -0.1) is 0 Å². The lowest BCUT2D eigenvalue weighted by molar-refractivity contribution is 0.198. The van der Waals surface area contributed by atoms with Gasteiger partial charge in [-0.1, -0.05) is 6.07 Å². The number of anilines is 1. The molecule has 1 aromatic rings. The largest absolute Gasteiger partial charge is 0.383 e. The molecule has 4 nitrogen and oxygen atoms in total. The van der Waals surface area contributed by atoms with Crippen LogP contribution in [0, 0.1) is 11.6 Å². The Bertz CT molecular complexity index is 352. The predicted molar refractivity (Wildman–Crippen MR) is 55.3 cm³/mol. The molecule has 0 saturated heterocycles. The molecule has 0 saturated carbocycles. The summed E-state index contributed by atoms with van der Waals surface area (Å²) in [7, 11) is 1.48. The van der Waals surface area contributed by atoms with Crippen LogP contribution in [0.2, 0.25) is 0 Å². The number of ether oxygens (including phenoxy) is 1. The zero-order chi connectivity index (χ0) is 12.0. The molecule has 88 valence electrons. The molecule has 0 unspecified atom stereocenters. The van der Waals surface area contributed by atoms with E-state index < -0.39 is 23.4 Å². The van der Waals surface area contributed by atoms with Gasteiger partial charge >= 0.3 is 6.03 Å². The van der Waals surface area contributed by atoms with Crippen LogP contribution in [-0.4, -0.2) is 26.3 Å². The maximum absolute atomic E-state index is 13.1. The standard InChI is InChI=1S/C10H12F2N2O2/c1-16-6-5-13-10(15)14-9-7(11)3-2-4-8(9)12/h2-4H,5-6H2,1H3,(H2,13,14,15). The topological polar surface area (TPSA) is 50.4 Å². The van der Waals surface area contributed by atoms with E-state index in [2.05, 4.69) is 10.6 Å². The number of rotatable bonds is 4. The molecule has 0 aliphatic heterocycles. The third kappa shape index (κ3) is 3.47. The average molecular weight is 230 g/mol. The highest BCUT2D eigenvalue weighted by molar-refractivity contribution is 5.89. The molecule has 0 bridgehead atoms. The summed E-state index contributed by atoms with van der Waals surface area (Å²) in [6.45, 7) is 0.589. The zero-order valence-corrected chi connectivity index (χ0v) is 8.72. The number of carbonyl (C=O) groups is 1. The Kier molecular flexibility index (Phi) is 4.65. The number of hydrogen-bond acceptors (Lipinski definition) is 2. The van der Waals surface area contributed by atoms with E-state index in [9.17, 15) is 13.6 Å². The van der Waals surface area contributed by atoms with Crippen molar-refractivity contribution in [3.8, 4) is 0 Å². The van der Waals surface area contributed by atoms with Crippen molar-refractivity contribution in [2.45, 2.75) is 0 Å². The number of amides is 2. The summed E-state index contributed by atoms with van der Waals surface area (Å²) < 4.78 is 30.9. The molecule has 0 fully saturated rings. The molecule has 2 amide bonds. The van der Waals surface area contributed by atoms with Gasteiger partial charge in [0.05, 0.1) is 6.61 Å². The van der Waals surface area contributed by atoms with E-state index in [1.807, 2.05) is 0 Å². The maximum Gasteiger partial charge on any atom is 0.319 e. The fourth-order valence-corrected chi connectivity index (χ4v) is 1.04. The number of para-hydroxylation sites is 1. The van der Waals surface area contributed by atoms with Gasteiger partial charge in [-0.05, 0) is 12.1 Å². The molecule has 0 aromatic heterocycles. The molecule has 2 N–H and O–H groups in total. The number of carbonyl (C=O) groups excluding carboxylic acids is 1. The number of halogens is 2. The zero-order valence-electron chi connectivity index (χ0n) is 8.72. The molecule has 16 heavy (non-hydrogen) atoms. The Morgan fingerprint density at radius 3 is 2.56 bits per heavy atom. The van der Waals surface area contributed by atoms with Crippen LogP contribution in [0.15, 0.2) is 18.2 Å². The molecular weight excluding hydrogens is 218 g/mol. The summed E-state index contributed by atoms with van der Waals surface area (Å²) in [6, 6.07) is 2.67. The Hall–Kier alpha value is -1.69. The third-order valence-corrected chi connectivity index (χ3v) is 1.79. The molecule has 0 atom stereocenters. The predicted octanol–water partition coefficient (Wildman–Crippen LogP) is 1.73. The van der Waals surface area contributed by atoms with Crippen molar-refractivity contribution in [2.75, 3.05) is 25.6 Å². The number of nitrogens with one attached hydrogen (secondary N) is 2.